The highest BCUT2D eigenvalue weighted by molar-refractivity contribution is 6.33. The predicted molar refractivity (Wildman–Crippen MR) is 52.7 cm³/mol. The van der Waals surface area contributed by atoms with Crippen molar-refractivity contribution in [3.8, 4) is 0 Å². The summed E-state index contributed by atoms with van der Waals surface area (Å²) >= 11 is 5.88. The molecule has 0 aromatic heterocycles. The molecule has 1 aromatic rings. The van der Waals surface area contributed by atoms with Gasteiger partial charge >= 0.3 is 0 Å². The van der Waals surface area contributed by atoms with E-state index in [2.05, 4.69) is 5.32 Å². The zero-order chi connectivity index (χ0) is 8.55. The Bertz CT molecular complexity index is 279. The number of benzene rings is 1. The van der Waals surface area contributed by atoms with Gasteiger partial charge in [-0.25, -0.2) is 0 Å². The normalized spacial score (nSPS) is 15.1. The Kier molecular flexibility index (Phi) is 1.85. The first-order chi connectivity index (χ1) is 5.77. The molecule has 0 atom stereocenters. The Morgan fingerprint density at radius 1 is 1.42 bits per heavy atom. The average molecular weight is 183 g/mol. The topological polar surface area (TPSA) is 38.0 Å². The van der Waals surface area contributed by atoms with Crippen molar-refractivity contribution >= 4 is 23.0 Å². The minimum Gasteiger partial charge on any atom is -0.398 e. The van der Waals surface area contributed by atoms with Crippen molar-refractivity contribution in [3.63, 3.8) is 0 Å². The number of nitrogens with two attached hydrogens (primary N) is 1. The first kappa shape index (κ1) is 7.74. The molecule has 0 saturated heterocycles. The Balaban J connectivity index is 2.49. The van der Waals surface area contributed by atoms with Crippen LogP contribution >= 0.6 is 11.6 Å². The van der Waals surface area contributed by atoms with Gasteiger partial charge < -0.3 is 11.1 Å². The molecular formula is C9H11ClN2. The molecule has 0 unspecified atom stereocenters. The Labute approximate surface area is 76.7 Å². The van der Waals surface area contributed by atoms with E-state index in [-0.39, 0.29) is 0 Å². The van der Waals surface area contributed by atoms with Crippen molar-refractivity contribution in [1.82, 2.24) is 0 Å². The average Bonchev–Trinajstić information content (AvgIpc) is 2.07. The van der Waals surface area contributed by atoms with Crippen LogP contribution in [0.25, 0.3) is 0 Å². The summed E-state index contributed by atoms with van der Waals surface area (Å²) < 4.78 is 0. The van der Waals surface area contributed by atoms with Gasteiger partial charge in [0.05, 0.1) is 10.7 Å². The summed E-state index contributed by atoms with van der Waals surface area (Å²) in [6.07, 6.45) is 2.28. The predicted octanol–water partition coefficient (Wildman–Crippen LogP) is 2.28. The van der Waals surface area contributed by atoms with Crippen molar-refractivity contribution < 1.29 is 0 Å². The number of aryl methyl sites for hydroxylation is 1. The highest BCUT2D eigenvalue weighted by Crippen LogP contribution is 2.29. The maximum atomic E-state index is 5.88. The lowest BCUT2D eigenvalue weighted by molar-refractivity contribution is 0.831. The minimum atomic E-state index is 0.642. The second-order valence-electron chi connectivity index (χ2n) is 3.06. The molecule has 1 heterocycles. The van der Waals surface area contributed by atoms with Crippen LogP contribution in [-0.2, 0) is 6.42 Å². The lowest BCUT2D eigenvalue weighted by Gasteiger charge is -2.18. The van der Waals surface area contributed by atoms with E-state index in [9.17, 15) is 0 Å². The van der Waals surface area contributed by atoms with Gasteiger partial charge in [-0.1, -0.05) is 11.6 Å². The van der Waals surface area contributed by atoms with Crippen LogP contribution in [0, 0.1) is 0 Å². The van der Waals surface area contributed by atoms with Gasteiger partial charge in [-0.15, -0.1) is 0 Å². The smallest absolute Gasteiger partial charge is 0.0656 e. The fraction of sp³-hybridized carbons (Fsp3) is 0.333. The van der Waals surface area contributed by atoms with Gasteiger partial charge in [0.2, 0.25) is 0 Å². The number of hydrogen-bond donors (Lipinski definition) is 2. The highest BCUT2D eigenvalue weighted by atomic mass is 35.5. The summed E-state index contributed by atoms with van der Waals surface area (Å²) in [5.74, 6) is 0. The third-order valence-electron chi connectivity index (χ3n) is 2.16. The first-order valence-electron chi connectivity index (χ1n) is 4.09. The molecule has 1 aliphatic heterocycles. The molecule has 0 aliphatic carbocycles. The monoisotopic (exact) mass is 182 g/mol. The standard InChI is InChI=1S/C9H11ClN2/c10-7-5-9-6(4-8(7)11)2-1-3-12-9/h4-5,12H,1-3,11H2. The number of rotatable bonds is 0. The zero-order valence-corrected chi connectivity index (χ0v) is 7.49. The summed E-state index contributed by atoms with van der Waals surface area (Å²) in [4.78, 5) is 0. The van der Waals surface area contributed by atoms with Crippen LogP contribution in [-0.4, -0.2) is 6.54 Å². The summed E-state index contributed by atoms with van der Waals surface area (Å²) in [5.41, 5.74) is 8.78. The van der Waals surface area contributed by atoms with Gasteiger partial charge in [0.1, 0.15) is 0 Å². The quantitative estimate of drug-likeness (QED) is 0.605. The molecule has 1 aromatic carbocycles. The van der Waals surface area contributed by atoms with E-state index in [0.29, 0.717) is 10.7 Å². The first-order valence-corrected chi connectivity index (χ1v) is 4.47. The fourth-order valence-electron chi connectivity index (χ4n) is 1.51. The van der Waals surface area contributed by atoms with E-state index >= 15 is 0 Å². The maximum Gasteiger partial charge on any atom is 0.0656 e. The van der Waals surface area contributed by atoms with Crippen LogP contribution in [0.4, 0.5) is 11.4 Å². The molecule has 0 spiro atoms. The van der Waals surface area contributed by atoms with Crippen LogP contribution in [0.2, 0.25) is 5.02 Å². The van der Waals surface area contributed by atoms with Gasteiger partial charge in [0, 0.05) is 12.2 Å². The molecule has 64 valence electrons. The second-order valence-corrected chi connectivity index (χ2v) is 3.47. The number of nitrogens with one attached hydrogen (secondary N) is 1. The summed E-state index contributed by atoms with van der Waals surface area (Å²) in [6, 6.07) is 3.87. The summed E-state index contributed by atoms with van der Waals surface area (Å²) in [7, 11) is 0. The number of halogens is 1. The van der Waals surface area contributed by atoms with E-state index in [1.807, 2.05) is 12.1 Å². The molecule has 2 rings (SSSR count). The van der Waals surface area contributed by atoms with Crippen molar-refractivity contribution in [2.75, 3.05) is 17.6 Å². The van der Waals surface area contributed by atoms with E-state index in [1.54, 1.807) is 0 Å². The van der Waals surface area contributed by atoms with Crippen molar-refractivity contribution in [2.45, 2.75) is 12.8 Å². The van der Waals surface area contributed by atoms with E-state index in [1.165, 1.54) is 12.0 Å². The third-order valence-corrected chi connectivity index (χ3v) is 2.49. The van der Waals surface area contributed by atoms with Crippen molar-refractivity contribution in [1.29, 1.82) is 0 Å². The summed E-state index contributed by atoms with van der Waals surface area (Å²) in [6.45, 7) is 1.03. The van der Waals surface area contributed by atoms with Gasteiger partial charge in [0.25, 0.3) is 0 Å². The minimum absolute atomic E-state index is 0.642. The molecular weight excluding hydrogens is 172 g/mol. The van der Waals surface area contributed by atoms with Crippen LogP contribution in [0.3, 0.4) is 0 Å². The Morgan fingerprint density at radius 2 is 2.25 bits per heavy atom. The van der Waals surface area contributed by atoms with Gasteiger partial charge in [-0.2, -0.15) is 0 Å². The third kappa shape index (κ3) is 1.23. The molecule has 0 fully saturated rings. The molecule has 0 amide bonds. The van der Waals surface area contributed by atoms with E-state index in [0.717, 1.165) is 18.7 Å². The van der Waals surface area contributed by atoms with Gasteiger partial charge in [-0.3, -0.25) is 0 Å². The molecule has 1 aliphatic rings. The number of fused-ring (bicyclic) bond motifs is 1. The highest BCUT2D eigenvalue weighted by Gasteiger charge is 2.10. The van der Waals surface area contributed by atoms with Gasteiger partial charge in [-0.05, 0) is 30.5 Å². The molecule has 3 heteroatoms. The molecule has 0 radical (unpaired) electrons. The molecule has 12 heavy (non-hydrogen) atoms. The fourth-order valence-corrected chi connectivity index (χ4v) is 1.67. The van der Waals surface area contributed by atoms with Crippen LogP contribution in [0.15, 0.2) is 12.1 Å². The number of nitrogen functional groups attached to an aromatic ring is 1. The zero-order valence-electron chi connectivity index (χ0n) is 6.73. The lowest BCUT2D eigenvalue weighted by Crippen LogP contribution is -2.11. The van der Waals surface area contributed by atoms with Gasteiger partial charge in [0.15, 0.2) is 0 Å². The van der Waals surface area contributed by atoms with Crippen LogP contribution in [0.1, 0.15) is 12.0 Å². The van der Waals surface area contributed by atoms with E-state index < -0.39 is 0 Å². The van der Waals surface area contributed by atoms with Crippen LogP contribution in [0.5, 0.6) is 0 Å². The summed E-state index contributed by atoms with van der Waals surface area (Å²) in [5, 5.41) is 3.93. The number of anilines is 2. The van der Waals surface area contributed by atoms with Crippen molar-refractivity contribution in [2.24, 2.45) is 0 Å². The van der Waals surface area contributed by atoms with E-state index in [4.69, 9.17) is 17.3 Å². The Morgan fingerprint density at radius 3 is 3.08 bits per heavy atom. The van der Waals surface area contributed by atoms with Crippen LogP contribution < -0.4 is 11.1 Å². The Hall–Kier alpha value is -0.890. The maximum absolute atomic E-state index is 5.88. The SMILES string of the molecule is Nc1cc2c(cc1Cl)NCCC2. The molecule has 0 bridgehead atoms. The second kappa shape index (κ2) is 2.87. The number of hydrogen-bond acceptors (Lipinski definition) is 2. The molecule has 0 saturated carbocycles. The molecule has 3 N–H and O–H groups in total. The largest absolute Gasteiger partial charge is 0.398 e. The molecule has 2 nitrogen and oxygen atoms in total. The van der Waals surface area contributed by atoms with Crippen molar-refractivity contribution in [3.05, 3.63) is 22.7 Å². The lowest BCUT2D eigenvalue weighted by atomic mass is 10.0.